The Morgan fingerprint density at radius 3 is 2.89 bits per heavy atom. The van der Waals surface area contributed by atoms with Gasteiger partial charge in [-0.05, 0) is 55.4 Å². The molecule has 2 rings (SSSR count). The molecule has 3 heteroatoms. The van der Waals surface area contributed by atoms with Crippen LogP contribution in [0.5, 0.6) is 5.75 Å². The molecule has 1 aliphatic carbocycles. The molecule has 1 aromatic carbocycles. The number of carbonyl (C=O) groups is 1. The Balaban J connectivity index is 2.14. The minimum atomic E-state index is -0.912. The third kappa shape index (κ3) is 3.60. The summed E-state index contributed by atoms with van der Waals surface area (Å²) in [5.41, 5.74) is 2.50. The van der Waals surface area contributed by atoms with Crippen LogP contribution in [0.4, 0.5) is 0 Å². The first-order chi connectivity index (χ1) is 9.20. The number of allylic oxidation sites excluding steroid dienone is 2. The predicted molar refractivity (Wildman–Crippen MR) is 75.2 cm³/mol. The highest BCUT2D eigenvalue weighted by molar-refractivity contribution is 5.73. The summed E-state index contributed by atoms with van der Waals surface area (Å²) in [5, 5.41) is 9.02. The second-order valence-electron chi connectivity index (χ2n) is 4.86. The Morgan fingerprint density at radius 1 is 1.42 bits per heavy atom. The highest BCUT2D eigenvalue weighted by Gasteiger charge is 2.17. The average molecular weight is 260 g/mol. The molecule has 0 radical (unpaired) electrons. The van der Waals surface area contributed by atoms with Crippen molar-refractivity contribution in [3.8, 4) is 5.75 Å². The van der Waals surface area contributed by atoms with Crippen molar-refractivity contribution in [3.63, 3.8) is 0 Å². The number of aliphatic carboxylic acids is 1. The van der Waals surface area contributed by atoms with Crippen molar-refractivity contribution in [2.45, 2.75) is 45.1 Å². The summed E-state index contributed by atoms with van der Waals surface area (Å²) in [6.45, 7) is 1.81. The molecule has 0 fully saturated rings. The summed E-state index contributed by atoms with van der Waals surface area (Å²) in [7, 11) is 0. The zero-order valence-corrected chi connectivity index (χ0v) is 11.3. The SMILES string of the molecule is CCC(Oc1cccc(C2=CCCCC2)c1)C(=O)O. The number of hydrogen-bond donors (Lipinski definition) is 1. The largest absolute Gasteiger partial charge is 0.479 e. The maximum Gasteiger partial charge on any atom is 0.344 e. The third-order valence-corrected chi connectivity index (χ3v) is 3.42. The number of rotatable bonds is 5. The molecule has 0 heterocycles. The monoisotopic (exact) mass is 260 g/mol. The van der Waals surface area contributed by atoms with Crippen molar-refractivity contribution in [1.29, 1.82) is 0 Å². The van der Waals surface area contributed by atoms with Gasteiger partial charge in [0.2, 0.25) is 0 Å². The molecule has 1 aliphatic rings. The molecule has 1 unspecified atom stereocenters. The molecular formula is C16H20O3. The number of carboxylic acid groups (broad SMARTS) is 1. The lowest BCUT2D eigenvalue weighted by atomic mass is 9.94. The van der Waals surface area contributed by atoms with Gasteiger partial charge in [0.1, 0.15) is 5.75 Å². The lowest BCUT2D eigenvalue weighted by molar-refractivity contribution is -0.145. The Morgan fingerprint density at radius 2 is 2.26 bits per heavy atom. The van der Waals surface area contributed by atoms with Gasteiger partial charge in [-0.3, -0.25) is 0 Å². The summed E-state index contributed by atoms with van der Waals surface area (Å²) in [6, 6.07) is 7.75. The predicted octanol–water partition coefficient (Wildman–Crippen LogP) is 3.89. The fourth-order valence-corrected chi connectivity index (χ4v) is 2.34. The topological polar surface area (TPSA) is 46.5 Å². The zero-order valence-electron chi connectivity index (χ0n) is 11.3. The van der Waals surface area contributed by atoms with E-state index >= 15 is 0 Å². The van der Waals surface area contributed by atoms with Crippen LogP contribution in [0, 0.1) is 0 Å². The Hall–Kier alpha value is -1.77. The molecule has 1 aromatic rings. The summed E-state index contributed by atoms with van der Waals surface area (Å²) < 4.78 is 5.53. The zero-order chi connectivity index (χ0) is 13.7. The normalized spacial score (nSPS) is 16.6. The minimum absolute atomic E-state index is 0.461. The Kier molecular flexibility index (Phi) is 4.61. The van der Waals surface area contributed by atoms with Crippen molar-refractivity contribution in [2.24, 2.45) is 0 Å². The Bertz CT molecular complexity index is 477. The first-order valence-electron chi connectivity index (χ1n) is 6.89. The lowest BCUT2D eigenvalue weighted by Crippen LogP contribution is -2.25. The summed E-state index contributed by atoms with van der Waals surface area (Å²) in [4.78, 5) is 11.0. The van der Waals surface area contributed by atoms with Crippen molar-refractivity contribution in [2.75, 3.05) is 0 Å². The van der Waals surface area contributed by atoms with Crippen LogP contribution in [0.2, 0.25) is 0 Å². The van der Waals surface area contributed by atoms with E-state index in [1.165, 1.54) is 18.4 Å². The molecule has 0 aliphatic heterocycles. The van der Waals surface area contributed by atoms with Crippen molar-refractivity contribution in [3.05, 3.63) is 35.9 Å². The third-order valence-electron chi connectivity index (χ3n) is 3.42. The second-order valence-corrected chi connectivity index (χ2v) is 4.86. The van der Waals surface area contributed by atoms with Gasteiger partial charge in [0.05, 0.1) is 0 Å². The van der Waals surface area contributed by atoms with E-state index in [2.05, 4.69) is 12.1 Å². The van der Waals surface area contributed by atoms with Crippen molar-refractivity contribution < 1.29 is 14.6 Å². The van der Waals surface area contributed by atoms with Crippen LogP contribution in [-0.2, 0) is 4.79 Å². The van der Waals surface area contributed by atoms with Gasteiger partial charge < -0.3 is 9.84 Å². The molecule has 19 heavy (non-hydrogen) atoms. The minimum Gasteiger partial charge on any atom is -0.479 e. The molecule has 0 bridgehead atoms. The maximum atomic E-state index is 11.0. The van der Waals surface area contributed by atoms with Gasteiger partial charge in [0.25, 0.3) is 0 Å². The maximum absolute atomic E-state index is 11.0. The quantitative estimate of drug-likeness (QED) is 0.873. The van der Waals surface area contributed by atoms with Crippen LogP contribution in [0.3, 0.4) is 0 Å². The van der Waals surface area contributed by atoms with Gasteiger partial charge in [-0.1, -0.05) is 25.1 Å². The van der Waals surface area contributed by atoms with Gasteiger partial charge in [0.15, 0.2) is 6.10 Å². The van der Waals surface area contributed by atoms with E-state index in [0.29, 0.717) is 12.2 Å². The van der Waals surface area contributed by atoms with E-state index in [0.717, 1.165) is 18.4 Å². The molecule has 3 nitrogen and oxygen atoms in total. The van der Waals surface area contributed by atoms with Crippen LogP contribution < -0.4 is 4.74 Å². The van der Waals surface area contributed by atoms with E-state index in [4.69, 9.17) is 9.84 Å². The number of benzene rings is 1. The second kappa shape index (κ2) is 6.41. The average Bonchev–Trinajstić information content (AvgIpc) is 2.45. The van der Waals surface area contributed by atoms with E-state index in [-0.39, 0.29) is 0 Å². The molecule has 0 aromatic heterocycles. The highest BCUT2D eigenvalue weighted by atomic mass is 16.5. The van der Waals surface area contributed by atoms with Crippen LogP contribution in [0.1, 0.15) is 44.6 Å². The van der Waals surface area contributed by atoms with Gasteiger partial charge >= 0.3 is 5.97 Å². The summed E-state index contributed by atoms with van der Waals surface area (Å²) in [5.74, 6) is -0.275. The van der Waals surface area contributed by atoms with Crippen molar-refractivity contribution in [1.82, 2.24) is 0 Å². The van der Waals surface area contributed by atoms with Gasteiger partial charge in [-0.25, -0.2) is 4.79 Å². The van der Waals surface area contributed by atoms with Crippen LogP contribution in [0.25, 0.3) is 5.57 Å². The van der Waals surface area contributed by atoms with Crippen molar-refractivity contribution >= 4 is 11.5 Å². The Labute approximate surface area is 113 Å². The van der Waals surface area contributed by atoms with Gasteiger partial charge in [-0.15, -0.1) is 0 Å². The molecule has 0 saturated heterocycles. The fourth-order valence-electron chi connectivity index (χ4n) is 2.34. The molecule has 0 amide bonds. The smallest absolute Gasteiger partial charge is 0.344 e. The number of ether oxygens (including phenoxy) is 1. The first kappa shape index (κ1) is 13.7. The molecule has 0 spiro atoms. The van der Waals surface area contributed by atoms with E-state index in [9.17, 15) is 4.79 Å². The van der Waals surface area contributed by atoms with E-state index < -0.39 is 12.1 Å². The summed E-state index contributed by atoms with van der Waals surface area (Å²) >= 11 is 0. The number of carboxylic acids is 1. The highest BCUT2D eigenvalue weighted by Crippen LogP contribution is 2.29. The molecule has 102 valence electrons. The van der Waals surface area contributed by atoms with Crippen LogP contribution >= 0.6 is 0 Å². The van der Waals surface area contributed by atoms with Crippen LogP contribution in [0.15, 0.2) is 30.3 Å². The first-order valence-corrected chi connectivity index (χ1v) is 6.89. The number of hydrogen-bond acceptors (Lipinski definition) is 2. The van der Waals surface area contributed by atoms with Gasteiger partial charge in [-0.2, -0.15) is 0 Å². The fraction of sp³-hybridized carbons (Fsp3) is 0.438. The van der Waals surface area contributed by atoms with E-state index in [1.807, 2.05) is 25.1 Å². The standard InChI is InChI=1S/C16H20O3/c1-2-15(16(17)18)19-14-10-6-9-13(11-14)12-7-4-3-5-8-12/h6-7,9-11,15H,2-5,8H2,1H3,(H,17,18). The van der Waals surface area contributed by atoms with E-state index in [1.54, 1.807) is 0 Å². The van der Waals surface area contributed by atoms with Crippen LogP contribution in [-0.4, -0.2) is 17.2 Å². The molecule has 1 atom stereocenters. The molecule has 0 saturated carbocycles. The summed E-state index contributed by atoms with van der Waals surface area (Å²) in [6.07, 6.45) is 6.68. The lowest BCUT2D eigenvalue weighted by Gasteiger charge is -2.16. The molecular weight excluding hydrogens is 240 g/mol. The van der Waals surface area contributed by atoms with Gasteiger partial charge in [0, 0.05) is 0 Å². The molecule has 1 N–H and O–H groups in total.